The van der Waals surface area contributed by atoms with Crippen molar-refractivity contribution in [3.05, 3.63) is 58.1 Å². The minimum absolute atomic E-state index is 0.498. The van der Waals surface area contributed by atoms with Crippen LogP contribution in [0.3, 0.4) is 0 Å². The molecule has 0 atom stereocenters. The number of benzene rings is 1. The van der Waals surface area contributed by atoms with Crippen molar-refractivity contribution in [2.45, 2.75) is 31.7 Å². The third-order valence-corrected chi connectivity index (χ3v) is 5.98. The summed E-state index contributed by atoms with van der Waals surface area (Å²) in [7, 11) is 0. The van der Waals surface area contributed by atoms with Gasteiger partial charge in [0.05, 0.1) is 17.3 Å². The molecular weight excluding hydrogens is 382 g/mol. The molecule has 3 aromatic heterocycles. The van der Waals surface area contributed by atoms with Gasteiger partial charge >= 0.3 is 0 Å². The first-order valence-corrected chi connectivity index (χ1v) is 9.75. The molecule has 4 rings (SSSR count). The highest BCUT2D eigenvalue weighted by Crippen LogP contribution is 2.30. The second-order valence-electron chi connectivity index (χ2n) is 6.37. The predicted molar refractivity (Wildman–Crippen MR) is 108 cm³/mol. The van der Waals surface area contributed by atoms with E-state index < -0.39 is 0 Å². The molecule has 27 heavy (non-hydrogen) atoms. The summed E-state index contributed by atoms with van der Waals surface area (Å²) >= 11 is 7.89. The molecular formula is C19H18ClN5OS. The van der Waals surface area contributed by atoms with Crippen LogP contribution in [0.15, 0.2) is 40.1 Å². The van der Waals surface area contributed by atoms with Gasteiger partial charge in [-0.3, -0.25) is 0 Å². The molecule has 0 radical (unpaired) electrons. The zero-order valence-electron chi connectivity index (χ0n) is 15.2. The van der Waals surface area contributed by atoms with Gasteiger partial charge < -0.3 is 10.3 Å². The molecule has 6 nitrogen and oxygen atoms in total. The van der Waals surface area contributed by atoms with E-state index >= 15 is 0 Å². The summed E-state index contributed by atoms with van der Waals surface area (Å²) in [5.41, 5.74) is 5.05. The highest BCUT2D eigenvalue weighted by molar-refractivity contribution is 7.98. The van der Waals surface area contributed by atoms with Gasteiger partial charge in [0.25, 0.3) is 0 Å². The third-order valence-electron chi connectivity index (χ3n) is 4.66. The Kier molecular flexibility index (Phi) is 4.57. The van der Waals surface area contributed by atoms with Gasteiger partial charge in [-0.1, -0.05) is 35.5 Å². The minimum Gasteiger partial charge on any atom is -0.469 e. The molecule has 0 fully saturated rings. The van der Waals surface area contributed by atoms with Crippen LogP contribution in [0.25, 0.3) is 22.3 Å². The Morgan fingerprint density at radius 1 is 1.19 bits per heavy atom. The smallest absolute Gasteiger partial charge is 0.210 e. The topological polar surface area (TPSA) is 82.8 Å². The zero-order valence-corrected chi connectivity index (χ0v) is 16.7. The number of nitrogens with two attached hydrogens (primary N) is 1. The number of fused-ring (bicyclic) bond motifs is 1. The first-order valence-electron chi connectivity index (χ1n) is 8.39. The summed E-state index contributed by atoms with van der Waals surface area (Å²) in [5, 5.41) is 10.5. The summed E-state index contributed by atoms with van der Waals surface area (Å²) in [5.74, 6) is 8.08. The predicted octanol–water partition coefficient (Wildman–Crippen LogP) is 4.67. The summed E-state index contributed by atoms with van der Waals surface area (Å²) in [6.07, 6.45) is 1.61. The van der Waals surface area contributed by atoms with Crippen LogP contribution >= 0.6 is 23.4 Å². The second kappa shape index (κ2) is 6.90. The number of nitrogen functional groups attached to an aromatic ring is 1. The van der Waals surface area contributed by atoms with E-state index in [0.717, 1.165) is 33.4 Å². The summed E-state index contributed by atoms with van der Waals surface area (Å²) < 4.78 is 6.79. The monoisotopic (exact) mass is 399 g/mol. The molecule has 0 aliphatic carbocycles. The molecule has 3 heterocycles. The number of pyridine rings is 1. The highest BCUT2D eigenvalue weighted by atomic mass is 35.5. The number of hydrogen-bond acceptors (Lipinski definition) is 6. The van der Waals surface area contributed by atoms with Crippen LogP contribution in [0, 0.1) is 20.8 Å². The number of hydrogen-bond donors (Lipinski definition) is 1. The molecule has 2 N–H and O–H groups in total. The summed E-state index contributed by atoms with van der Waals surface area (Å²) in [4.78, 5) is 4.59. The largest absolute Gasteiger partial charge is 0.469 e. The number of halogens is 1. The fourth-order valence-electron chi connectivity index (χ4n) is 2.92. The molecule has 138 valence electrons. The first-order chi connectivity index (χ1) is 13.0. The van der Waals surface area contributed by atoms with E-state index in [1.807, 2.05) is 13.0 Å². The maximum atomic E-state index is 6.43. The van der Waals surface area contributed by atoms with Crippen molar-refractivity contribution < 1.29 is 4.42 Å². The Morgan fingerprint density at radius 2 is 2.00 bits per heavy atom. The number of furan rings is 1. The van der Waals surface area contributed by atoms with Crippen LogP contribution in [0.5, 0.6) is 0 Å². The Labute approximate surface area is 165 Å². The summed E-state index contributed by atoms with van der Waals surface area (Å²) in [6.45, 7) is 5.99. The van der Waals surface area contributed by atoms with E-state index in [1.54, 1.807) is 6.26 Å². The van der Waals surface area contributed by atoms with E-state index in [4.69, 9.17) is 21.9 Å². The van der Waals surface area contributed by atoms with E-state index in [-0.39, 0.29) is 0 Å². The Balaban J connectivity index is 1.61. The van der Waals surface area contributed by atoms with Crippen molar-refractivity contribution in [3.63, 3.8) is 0 Å². The number of nitrogens with zero attached hydrogens (tertiary/aromatic N) is 4. The second-order valence-corrected chi connectivity index (χ2v) is 7.67. The lowest BCUT2D eigenvalue weighted by molar-refractivity contribution is 0.535. The van der Waals surface area contributed by atoms with Crippen molar-refractivity contribution in [2.24, 2.45) is 0 Å². The van der Waals surface area contributed by atoms with Gasteiger partial charge in [-0.25, -0.2) is 9.66 Å². The first kappa shape index (κ1) is 17.9. The maximum Gasteiger partial charge on any atom is 0.210 e. The van der Waals surface area contributed by atoms with E-state index in [2.05, 4.69) is 47.2 Å². The number of aryl methyl sites for hydroxylation is 3. The number of thioether (sulfide) groups is 1. The van der Waals surface area contributed by atoms with E-state index in [9.17, 15) is 0 Å². The molecule has 1 aromatic carbocycles. The van der Waals surface area contributed by atoms with Crippen molar-refractivity contribution in [1.29, 1.82) is 0 Å². The molecule has 8 heteroatoms. The average molecular weight is 400 g/mol. The van der Waals surface area contributed by atoms with Gasteiger partial charge in [0.2, 0.25) is 5.16 Å². The van der Waals surface area contributed by atoms with Gasteiger partial charge in [0.1, 0.15) is 10.9 Å². The Morgan fingerprint density at radius 3 is 2.74 bits per heavy atom. The Hall–Kier alpha value is -2.51. The van der Waals surface area contributed by atoms with Crippen LogP contribution in [0.1, 0.15) is 22.5 Å². The van der Waals surface area contributed by atoms with E-state index in [0.29, 0.717) is 21.9 Å². The van der Waals surface area contributed by atoms with Gasteiger partial charge in [-0.2, -0.15) is 0 Å². The zero-order chi connectivity index (χ0) is 19.1. The summed E-state index contributed by atoms with van der Waals surface area (Å²) in [6, 6.07) is 8.06. The quantitative estimate of drug-likeness (QED) is 0.305. The van der Waals surface area contributed by atoms with Crippen LogP contribution in [-0.4, -0.2) is 19.9 Å². The standard InChI is InChI=1S/C19H18ClN5OS/c1-10-4-5-13-8-14(17(20)22-16(13)11(10)2)9-27-19-24-23-18(25(19)21)15-6-7-26-12(15)3/h4-8H,9,21H2,1-3H3. The average Bonchev–Trinajstić information content (AvgIpc) is 3.22. The molecule has 0 bridgehead atoms. The fraction of sp³-hybridized carbons (Fsp3) is 0.211. The van der Waals surface area contributed by atoms with E-state index in [1.165, 1.54) is 22.0 Å². The lowest BCUT2D eigenvalue weighted by Gasteiger charge is -2.09. The van der Waals surface area contributed by atoms with Gasteiger partial charge in [0.15, 0.2) is 5.82 Å². The molecule has 0 saturated heterocycles. The molecule has 0 spiro atoms. The molecule has 4 aromatic rings. The molecule has 0 amide bonds. The lowest BCUT2D eigenvalue weighted by atomic mass is 10.0. The minimum atomic E-state index is 0.498. The van der Waals surface area contributed by atoms with Crippen LogP contribution in [0.4, 0.5) is 0 Å². The van der Waals surface area contributed by atoms with Crippen molar-refractivity contribution in [3.8, 4) is 11.4 Å². The molecule has 0 aliphatic rings. The van der Waals surface area contributed by atoms with Gasteiger partial charge in [-0.15, -0.1) is 10.2 Å². The number of rotatable bonds is 4. The van der Waals surface area contributed by atoms with Gasteiger partial charge in [0, 0.05) is 16.7 Å². The third kappa shape index (κ3) is 3.17. The van der Waals surface area contributed by atoms with Crippen LogP contribution < -0.4 is 5.84 Å². The van der Waals surface area contributed by atoms with Crippen LogP contribution in [-0.2, 0) is 5.75 Å². The molecule has 0 unspecified atom stereocenters. The SMILES string of the molecule is Cc1ccc2cc(CSc3nnc(-c4ccoc4C)n3N)c(Cl)nc2c1C. The van der Waals surface area contributed by atoms with Crippen LogP contribution in [0.2, 0.25) is 5.15 Å². The maximum absolute atomic E-state index is 6.43. The number of aromatic nitrogens is 4. The van der Waals surface area contributed by atoms with Crippen molar-refractivity contribution >= 4 is 34.3 Å². The van der Waals surface area contributed by atoms with Gasteiger partial charge in [-0.05, 0) is 44.0 Å². The van der Waals surface area contributed by atoms with Crippen molar-refractivity contribution in [1.82, 2.24) is 19.9 Å². The van der Waals surface area contributed by atoms with Crippen molar-refractivity contribution in [2.75, 3.05) is 5.84 Å². The molecule has 0 saturated carbocycles. The highest BCUT2D eigenvalue weighted by Gasteiger charge is 2.16. The lowest BCUT2D eigenvalue weighted by Crippen LogP contribution is -2.11. The Bertz CT molecular complexity index is 1150. The normalized spacial score (nSPS) is 11.4. The molecule has 0 aliphatic heterocycles. The fourth-order valence-corrected chi connectivity index (χ4v) is 4.04.